The van der Waals surface area contributed by atoms with Gasteiger partial charge in [0.05, 0.1) is 18.4 Å². The molecule has 2 aromatic carbocycles. The van der Waals surface area contributed by atoms with E-state index in [1.807, 2.05) is 66.4 Å². The first kappa shape index (κ1) is 27.4. The van der Waals surface area contributed by atoms with E-state index in [0.29, 0.717) is 52.9 Å². The lowest BCUT2D eigenvalue weighted by atomic mass is 9.68. The zero-order valence-corrected chi connectivity index (χ0v) is 24.6. The van der Waals surface area contributed by atoms with Crippen LogP contribution in [0.4, 0.5) is 11.6 Å². The molecule has 0 spiro atoms. The van der Waals surface area contributed by atoms with Gasteiger partial charge < -0.3 is 9.15 Å². The third-order valence-electron chi connectivity index (χ3n) is 8.01. The topological polar surface area (TPSA) is 114 Å². The molecule has 2 aromatic heterocycles. The molecule has 0 radical (unpaired) electrons. The van der Waals surface area contributed by atoms with Gasteiger partial charge in [-0.1, -0.05) is 56.3 Å². The number of hydrogen-bond donors (Lipinski definition) is 1. The van der Waals surface area contributed by atoms with Crippen LogP contribution in [-0.4, -0.2) is 33.6 Å². The minimum atomic E-state index is -0.583. The van der Waals surface area contributed by atoms with Gasteiger partial charge in [-0.05, 0) is 42.0 Å². The second-order valence-corrected chi connectivity index (χ2v) is 11.7. The minimum Gasteiger partial charge on any atom is -0.497 e. The van der Waals surface area contributed by atoms with Crippen molar-refractivity contribution in [3.05, 3.63) is 94.1 Å². The molecule has 42 heavy (non-hydrogen) atoms. The van der Waals surface area contributed by atoms with Crippen molar-refractivity contribution in [2.75, 3.05) is 12.0 Å². The van der Waals surface area contributed by atoms with E-state index in [0.717, 1.165) is 22.4 Å². The summed E-state index contributed by atoms with van der Waals surface area (Å²) in [5.41, 5.74) is 4.48. The van der Waals surface area contributed by atoms with Crippen molar-refractivity contribution in [2.45, 2.75) is 53.4 Å². The summed E-state index contributed by atoms with van der Waals surface area (Å²) in [7, 11) is 1.61. The minimum absolute atomic E-state index is 0.00966. The molecule has 6 rings (SSSR count). The van der Waals surface area contributed by atoms with Crippen LogP contribution in [-0.2, 0) is 4.79 Å². The van der Waals surface area contributed by atoms with Crippen LogP contribution in [0.1, 0.15) is 67.0 Å². The molecule has 1 unspecified atom stereocenters. The number of rotatable bonds is 4. The number of fused-ring (bicyclic) bond motifs is 1. The smallest absolute Gasteiger partial charge is 0.245 e. The number of aryl methyl sites for hydroxylation is 2. The van der Waals surface area contributed by atoms with Gasteiger partial charge in [-0.2, -0.15) is 14.8 Å². The quantitative estimate of drug-likeness (QED) is 0.313. The Hall–Kier alpha value is -4.79. The Morgan fingerprint density at radius 1 is 1.07 bits per heavy atom. The van der Waals surface area contributed by atoms with E-state index in [-0.39, 0.29) is 22.7 Å². The average Bonchev–Trinajstić information content (AvgIpc) is 3.28. The number of ether oxygens (including phenoxy) is 1. The Balaban J connectivity index is 1.75. The van der Waals surface area contributed by atoms with Crippen molar-refractivity contribution in [3.8, 4) is 16.9 Å². The number of carbonyl (C=O) groups excluding carboxylic acids is 2. The van der Waals surface area contributed by atoms with Crippen LogP contribution in [0.3, 0.4) is 0 Å². The van der Waals surface area contributed by atoms with Crippen LogP contribution in [0.2, 0.25) is 0 Å². The normalized spacial score (nSPS) is 17.6. The Bertz CT molecular complexity index is 1830. The van der Waals surface area contributed by atoms with Crippen molar-refractivity contribution in [1.82, 2.24) is 14.8 Å². The van der Waals surface area contributed by atoms with E-state index >= 15 is 0 Å². The van der Waals surface area contributed by atoms with E-state index in [1.54, 1.807) is 14.0 Å². The van der Waals surface area contributed by atoms with Gasteiger partial charge in [-0.15, -0.1) is 0 Å². The Labute approximate surface area is 244 Å². The van der Waals surface area contributed by atoms with Crippen molar-refractivity contribution < 1.29 is 18.7 Å². The summed E-state index contributed by atoms with van der Waals surface area (Å²) >= 11 is 0. The summed E-state index contributed by atoms with van der Waals surface area (Å²) < 4.78 is 12.6. The van der Waals surface area contributed by atoms with E-state index in [9.17, 15) is 9.59 Å². The van der Waals surface area contributed by atoms with Crippen LogP contribution >= 0.6 is 0 Å². The molecule has 0 fully saturated rings. The lowest BCUT2D eigenvalue weighted by Crippen LogP contribution is -2.41. The van der Waals surface area contributed by atoms with Gasteiger partial charge in [-0.25, -0.2) is 0 Å². The SMILES string of the molecule is COc1ccc(C2C3=C(CC(C)(C)CC3=O)N(c3c(-c4ccccc4)c(C)nn3C(C)=O)c3nc(C)oc(=N)c32)cc1. The van der Waals surface area contributed by atoms with Crippen molar-refractivity contribution in [3.63, 3.8) is 0 Å². The molecular formula is C33H33N5O4. The predicted molar refractivity (Wildman–Crippen MR) is 158 cm³/mol. The van der Waals surface area contributed by atoms with Gasteiger partial charge in [-0.3, -0.25) is 19.9 Å². The summed E-state index contributed by atoms with van der Waals surface area (Å²) in [6.07, 6.45) is 0.901. The molecule has 1 aliphatic carbocycles. The first-order valence-corrected chi connectivity index (χ1v) is 13.9. The van der Waals surface area contributed by atoms with Crippen LogP contribution < -0.4 is 15.2 Å². The fourth-order valence-electron chi connectivity index (χ4n) is 6.31. The van der Waals surface area contributed by atoms with E-state index in [4.69, 9.17) is 19.5 Å². The molecule has 4 aromatic rings. The molecule has 2 aliphatic rings. The molecule has 1 N–H and O–H groups in total. The highest BCUT2D eigenvalue weighted by molar-refractivity contribution is 6.03. The molecule has 0 amide bonds. The molecule has 214 valence electrons. The second-order valence-electron chi connectivity index (χ2n) is 11.7. The van der Waals surface area contributed by atoms with Crippen LogP contribution in [0, 0.1) is 24.7 Å². The highest BCUT2D eigenvalue weighted by Crippen LogP contribution is 2.54. The van der Waals surface area contributed by atoms with Crippen LogP contribution in [0.15, 0.2) is 70.3 Å². The van der Waals surface area contributed by atoms with E-state index in [2.05, 4.69) is 18.9 Å². The number of benzene rings is 2. The standard InChI is InChI=1S/C33H33N5O4/c1-18-26(21-10-8-7-9-11-21)32(38(36-18)20(3)39)37-24-16-33(4,5)17-25(40)28(24)27(22-12-14-23(41-6)15-13-22)29-30(34)42-19(2)35-31(29)37/h7-15,27,34H,16-17H2,1-6H3. The van der Waals surface area contributed by atoms with Gasteiger partial charge in [0.15, 0.2) is 23.3 Å². The number of nitrogens with zero attached hydrogens (tertiary/aromatic N) is 4. The van der Waals surface area contributed by atoms with E-state index in [1.165, 1.54) is 11.6 Å². The summed E-state index contributed by atoms with van der Waals surface area (Å²) in [6.45, 7) is 9.19. The average molecular weight is 564 g/mol. The largest absolute Gasteiger partial charge is 0.497 e. The Kier molecular flexibility index (Phi) is 6.48. The molecule has 3 heterocycles. The molecular weight excluding hydrogens is 530 g/mol. The number of methoxy groups -OCH3 is 1. The lowest BCUT2D eigenvalue weighted by Gasteiger charge is -2.44. The van der Waals surface area contributed by atoms with Gasteiger partial charge >= 0.3 is 0 Å². The maximum Gasteiger partial charge on any atom is 0.245 e. The number of Topliss-reactive ketones (excluding diaryl/α,β-unsaturated/α-hetero) is 1. The number of hydrogen-bond acceptors (Lipinski definition) is 8. The lowest BCUT2D eigenvalue weighted by molar-refractivity contribution is -0.118. The monoisotopic (exact) mass is 563 g/mol. The highest BCUT2D eigenvalue weighted by Gasteiger charge is 2.47. The first-order valence-electron chi connectivity index (χ1n) is 13.9. The third-order valence-corrected chi connectivity index (χ3v) is 8.01. The number of aromatic nitrogens is 3. The molecule has 9 nitrogen and oxygen atoms in total. The zero-order chi connectivity index (χ0) is 29.9. The fraction of sp³-hybridized carbons (Fsp3) is 0.303. The predicted octanol–water partition coefficient (Wildman–Crippen LogP) is 6.23. The zero-order valence-electron chi connectivity index (χ0n) is 24.6. The Morgan fingerprint density at radius 3 is 2.40 bits per heavy atom. The maximum absolute atomic E-state index is 14.2. The van der Waals surface area contributed by atoms with Gasteiger partial charge in [0.1, 0.15) is 5.75 Å². The molecule has 0 saturated heterocycles. The van der Waals surface area contributed by atoms with Gasteiger partial charge in [0.25, 0.3) is 0 Å². The maximum atomic E-state index is 14.2. The van der Waals surface area contributed by atoms with Gasteiger partial charge in [0, 0.05) is 43.0 Å². The molecule has 1 aliphatic heterocycles. The Morgan fingerprint density at radius 2 is 1.76 bits per heavy atom. The molecule has 1 atom stereocenters. The number of nitrogens with one attached hydrogen (secondary N) is 1. The molecule has 9 heteroatoms. The van der Waals surface area contributed by atoms with Crippen LogP contribution in [0.25, 0.3) is 11.1 Å². The van der Waals surface area contributed by atoms with Crippen LogP contribution in [0.5, 0.6) is 5.75 Å². The van der Waals surface area contributed by atoms with Crippen molar-refractivity contribution >= 4 is 23.3 Å². The summed E-state index contributed by atoms with van der Waals surface area (Å²) in [5.74, 6) is 1.07. The fourth-order valence-corrected chi connectivity index (χ4v) is 6.31. The number of allylic oxidation sites excluding steroid dienone is 2. The third kappa shape index (κ3) is 4.36. The number of carbonyl (C=O) groups is 2. The first-order chi connectivity index (χ1) is 20.0. The van der Waals surface area contributed by atoms with Gasteiger partial charge in [0.2, 0.25) is 11.5 Å². The summed E-state index contributed by atoms with van der Waals surface area (Å²) in [4.78, 5) is 34.1. The van der Waals surface area contributed by atoms with Crippen molar-refractivity contribution in [2.24, 2.45) is 5.41 Å². The summed E-state index contributed by atoms with van der Waals surface area (Å²) in [5, 5.41) is 13.7. The van der Waals surface area contributed by atoms with Crippen molar-refractivity contribution in [1.29, 1.82) is 5.41 Å². The highest BCUT2D eigenvalue weighted by atomic mass is 16.5. The number of ketones is 1. The molecule has 0 saturated carbocycles. The number of anilines is 2. The summed E-state index contributed by atoms with van der Waals surface area (Å²) in [6, 6.07) is 17.3. The molecule has 0 bridgehead atoms. The van der Waals surface area contributed by atoms with E-state index < -0.39 is 5.92 Å². The second kappa shape index (κ2) is 9.94.